The van der Waals surface area contributed by atoms with Gasteiger partial charge in [0.15, 0.2) is 0 Å². The van der Waals surface area contributed by atoms with Gasteiger partial charge in [0, 0.05) is 30.1 Å². The molecule has 0 radical (unpaired) electrons. The van der Waals surface area contributed by atoms with E-state index in [0.717, 1.165) is 5.39 Å². The first-order chi connectivity index (χ1) is 13.1. The van der Waals surface area contributed by atoms with Crippen molar-refractivity contribution in [2.75, 3.05) is 13.1 Å². The smallest absolute Gasteiger partial charge is 0.344 e. The molecule has 28 heavy (non-hydrogen) atoms. The number of piperidine rings is 1. The van der Waals surface area contributed by atoms with Gasteiger partial charge in [-0.25, -0.2) is 4.79 Å². The van der Waals surface area contributed by atoms with E-state index < -0.39 is 11.7 Å². The van der Waals surface area contributed by atoms with Gasteiger partial charge in [0.1, 0.15) is 5.58 Å². The second-order valence-corrected chi connectivity index (χ2v) is 6.78. The van der Waals surface area contributed by atoms with E-state index in [4.69, 9.17) is 4.42 Å². The van der Waals surface area contributed by atoms with Gasteiger partial charge < -0.3 is 20.2 Å². The summed E-state index contributed by atoms with van der Waals surface area (Å²) in [5, 5.41) is 16.5. The van der Waals surface area contributed by atoms with Gasteiger partial charge in [-0.1, -0.05) is 30.3 Å². The maximum Gasteiger partial charge on any atom is 0.344 e. The van der Waals surface area contributed by atoms with E-state index in [2.05, 4.69) is 10.6 Å². The molecule has 0 unspecified atom stereocenters. The zero-order valence-corrected chi connectivity index (χ0v) is 15.9. The normalized spacial score (nSPS) is 19.0. The van der Waals surface area contributed by atoms with E-state index in [1.807, 2.05) is 18.2 Å². The summed E-state index contributed by atoms with van der Waals surface area (Å²) in [7, 11) is 0. The van der Waals surface area contributed by atoms with Crippen LogP contribution in [-0.4, -0.2) is 36.2 Å². The number of para-hydroxylation sites is 1. The molecule has 1 aliphatic heterocycles. The van der Waals surface area contributed by atoms with Crippen molar-refractivity contribution in [3.63, 3.8) is 0 Å². The molecule has 0 spiro atoms. The number of nitrogens with one attached hydrogen (secondary N) is 2. The van der Waals surface area contributed by atoms with Gasteiger partial charge in [-0.3, -0.25) is 4.79 Å². The van der Waals surface area contributed by atoms with Gasteiger partial charge in [-0.05, 0) is 36.2 Å². The fraction of sp³-hybridized carbons (Fsp3) is 0.238. The van der Waals surface area contributed by atoms with Crippen LogP contribution in [0.1, 0.15) is 16.8 Å². The molecule has 0 aliphatic carbocycles. The van der Waals surface area contributed by atoms with Crippen molar-refractivity contribution in [2.24, 2.45) is 0 Å². The first-order valence-corrected chi connectivity index (χ1v) is 8.93. The summed E-state index contributed by atoms with van der Waals surface area (Å²) < 4.78 is 5.39. The van der Waals surface area contributed by atoms with Gasteiger partial charge in [-0.15, -0.1) is 12.4 Å². The second kappa shape index (κ2) is 8.56. The molecule has 2 aromatic carbocycles. The molecule has 0 bridgehead atoms. The van der Waals surface area contributed by atoms with Gasteiger partial charge >= 0.3 is 5.63 Å². The van der Waals surface area contributed by atoms with Crippen LogP contribution in [0.4, 0.5) is 0 Å². The number of benzene rings is 2. The molecule has 3 aromatic rings. The zero-order valence-electron chi connectivity index (χ0n) is 15.1. The number of amides is 1. The largest absolute Gasteiger partial charge is 0.422 e. The molecule has 146 valence electrons. The first kappa shape index (κ1) is 20.1. The van der Waals surface area contributed by atoms with Crippen LogP contribution in [-0.2, 0) is 0 Å². The van der Waals surface area contributed by atoms with Crippen molar-refractivity contribution in [1.29, 1.82) is 0 Å². The molecular weight excluding hydrogens is 380 g/mol. The minimum Gasteiger partial charge on any atom is -0.422 e. The Morgan fingerprint density at radius 3 is 2.75 bits per heavy atom. The number of carbonyl (C=O) groups is 1. The van der Waals surface area contributed by atoms with E-state index in [9.17, 15) is 14.7 Å². The molecule has 3 N–H and O–H groups in total. The Morgan fingerprint density at radius 1 is 1.11 bits per heavy atom. The number of aliphatic hydroxyl groups excluding tert-OH is 1. The van der Waals surface area contributed by atoms with E-state index in [1.165, 1.54) is 0 Å². The summed E-state index contributed by atoms with van der Waals surface area (Å²) in [6.07, 6.45) is 0.0600. The molecule has 1 aromatic heterocycles. The lowest BCUT2D eigenvalue weighted by Gasteiger charge is -2.27. The fourth-order valence-electron chi connectivity index (χ4n) is 3.39. The number of carbonyl (C=O) groups excluding carboxylic acids is 1. The van der Waals surface area contributed by atoms with Gasteiger partial charge in [0.2, 0.25) is 0 Å². The summed E-state index contributed by atoms with van der Waals surface area (Å²) in [5.41, 5.74) is 1.59. The van der Waals surface area contributed by atoms with Crippen LogP contribution in [0.25, 0.3) is 22.1 Å². The summed E-state index contributed by atoms with van der Waals surface area (Å²) >= 11 is 0. The highest BCUT2D eigenvalue weighted by Gasteiger charge is 2.22. The Hall–Kier alpha value is -2.67. The molecule has 6 nitrogen and oxygen atoms in total. The molecule has 2 heterocycles. The molecule has 1 amide bonds. The third-order valence-electron chi connectivity index (χ3n) is 4.74. The Kier molecular flexibility index (Phi) is 6.14. The Labute approximate surface area is 168 Å². The maximum absolute atomic E-state index is 12.6. The maximum atomic E-state index is 12.6. The van der Waals surface area contributed by atoms with Gasteiger partial charge in [0.25, 0.3) is 5.91 Å². The van der Waals surface area contributed by atoms with E-state index in [-0.39, 0.29) is 24.4 Å². The second-order valence-electron chi connectivity index (χ2n) is 6.78. The highest BCUT2D eigenvalue weighted by Crippen LogP contribution is 2.22. The van der Waals surface area contributed by atoms with E-state index in [0.29, 0.717) is 41.8 Å². The van der Waals surface area contributed by atoms with E-state index >= 15 is 0 Å². The molecule has 2 atom stereocenters. The third kappa shape index (κ3) is 4.25. The molecular formula is C21H21ClN2O4. The van der Waals surface area contributed by atoms with Gasteiger partial charge in [0.05, 0.1) is 11.7 Å². The van der Waals surface area contributed by atoms with Crippen LogP contribution in [0.3, 0.4) is 0 Å². The number of fused-ring (bicyclic) bond motifs is 1. The van der Waals surface area contributed by atoms with Crippen LogP contribution in [0, 0.1) is 0 Å². The summed E-state index contributed by atoms with van der Waals surface area (Å²) in [6.45, 7) is 1.16. The standard InChI is InChI=1S/C21H20N2O4.ClH/c24-17-10-16(11-22-12-17)23-20(25)15-6-3-5-13(8-15)18-9-14-4-1-2-7-19(14)27-21(18)26;/h1-9,16-17,22,24H,10-12H2,(H,23,25);1H/t16-,17+;/m0./s1. The topological polar surface area (TPSA) is 91.6 Å². The minimum absolute atomic E-state index is 0. The predicted octanol–water partition coefficient (Wildman–Crippen LogP) is 2.33. The number of aliphatic hydroxyl groups is 1. The number of hydrogen-bond acceptors (Lipinski definition) is 5. The van der Waals surface area contributed by atoms with E-state index in [1.54, 1.807) is 36.4 Å². The van der Waals surface area contributed by atoms with Crippen LogP contribution in [0.5, 0.6) is 0 Å². The average molecular weight is 401 g/mol. The number of halogens is 1. The number of rotatable bonds is 3. The Balaban J connectivity index is 0.00000225. The predicted molar refractivity (Wildman–Crippen MR) is 110 cm³/mol. The van der Waals surface area contributed by atoms with Crippen molar-refractivity contribution in [3.8, 4) is 11.1 Å². The SMILES string of the molecule is Cl.O=C(N[C@@H]1CNC[C@H](O)C1)c1cccc(-c2cc3ccccc3oc2=O)c1. The molecule has 0 saturated carbocycles. The molecule has 1 fully saturated rings. The van der Waals surface area contributed by atoms with Crippen molar-refractivity contribution < 1.29 is 14.3 Å². The summed E-state index contributed by atoms with van der Waals surface area (Å²) in [4.78, 5) is 24.9. The molecule has 4 rings (SSSR count). The van der Waals surface area contributed by atoms with Gasteiger partial charge in [-0.2, -0.15) is 0 Å². The minimum atomic E-state index is -0.461. The molecule has 7 heteroatoms. The van der Waals surface area contributed by atoms with Crippen LogP contribution in [0.15, 0.2) is 63.8 Å². The van der Waals surface area contributed by atoms with Crippen molar-refractivity contribution in [2.45, 2.75) is 18.6 Å². The lowest BCUT2D eigenvalue weighted by molar-refractivity contribution is 0.0876. The summed E-state index contributed by atoms with van der Waals surface area (Å²) in [5.74, 6) is -0.233. The monoisotopic (exact) mass is 400 g/mol. The fourth-order valence-corrected chi connectivity index (χ4v) is 3.39. The van der Waals surface area contributed by atoms with Crippen LogP contribution in [0.2, 0.25) is 0 Å². The zero-order chi connectivity index (χ0) is 18.8. The van der Waals surface area contributed by atoms with Crippen molar-refractivity contribution >= 4 is 29.3 Å². The lowest BCUT2D eigenvalue weighted by atomic mass is 10.0. The lowest BCUT2D eigenvalue weighted by Crippen LogP contribution is -2.50. The van der Waals surface area contributed by atoms with Crippen LogP contribution >= 0.6 is 12.4 Å². The quantitative estimate of drug-likeness (QED) is 0.587. The Bertz CT molecular complexity index is 1050. The van der Waals surface area contributed by atoms with Crippen LogP contribution < -0.4 is 16.3 Å². The van der Waals surface area contributed by atoms with Crippen molar-refractivity contribution in [3.05, 3.63) is 70.6 Å². The first-order valence-electron chi connectivity index (χ1n) is 8.93. The highest BCUT2D eigenvalue weighted by atomic mass is 35.5. The molecule has 1 aliphatic rings. The number of hydrogen-bond donors (Lipinski definition) is 3. The summed E-state index contributed by atoms with van der Waals surface area (Å²) in [6, 6.07) is 15.9. The molecule has 1 saturated heterocycles. The van der Waals surface area contributed by atoms with Crippen molar-refractivity contribution in [1.82, 2.24) is 10.6 Å². The highest BCUT2D eigenvalue weighted by molar-refractivity contribution is 5.96. The average Bonchev–Trinajstić information content (AvgIpc) is 2.67. The third-order valence-corrected chi connectivity index (χ3v) is 4.74. The Morgan fingerprint density at radius 2 is 1.93 bits per heavy atom. The number of β-amino-alcohol motifs (C(OH)–C–C–N with tert-alkyl or cyclic N) is 1.